The molecular weight excluding hydrogens is 440 g/mol. The van der Waals surface area contributed by atoms with Crippen LogP contribution in [0.4, 0.5) is 0 Å². The van der Waals surface area contributed by atoms with Crippen LogP contribution in [0.15, 0.2) is 53.7 Å². The van der Waals surface area contributed by atoms with Crippen LogP contribution in [0.5, 0.6) is 17.4 Å². The van der Waals surface area contributed by atoms with Crippen molar-refractivity contribution in [2.75, 3.05) is 13.3 Å². The molecule has 3 aromatic heterocycles. The molecule has 2 N–H and O–H groups in total. The van der Waals surface area contributed by atoms with Gasteiger partial charge < -0.3 is 19.9 Å². The third kappa shape index (κ3) is 4.15. The van der Waals surface area contributed by atoms with Gasteiger partial charge in [0.15, 0.2) is 17.3 Å². The van der Waals surface area contributed by atoms with E-state index < -0.39 is 17.4 Å². The standard InChI is InChI=1S/C23H22N6O5/c1-28-12-25-18(27-28)7-8-24-20(30)11-15(14-5-6-16-17(10-14)34-13-33-16)21-22(31)26-19-4-2-3-9-29(19)23(21)32/h2-6,9-10,12,15,31H,7-8,11,13H2,1H3,(H,24,30). The van der Waals surface area contributed by atoms with Gasteiger partial charge in [0, 0.05) is 38.5 Å². The summed E-state index contributed by atoms with van der Waals surface area (Å²) in [5, 5.41) is 17.8. The number of nitrogens with one attached hydrogen (secondary N) is 1. The van der Waals surface area contributed by atoms with Crippen LogP contribution in [0.3, 0.4) is 0 Å². The third-order valence-electron chi connectivity index (χ3n) is 5.60. The fourth-order valence-corrected chi connectivity index (χ4v) is 3.98. The molecule has 1 aromatic carbocycles. The molecule has 0 bridgehead atoms. The minimum atomic E-state index is -0.764. The van der Waals surface area contributed by atoms with E-state index in [2.05, 4.69) is 20.4 Å². The van der Waals surface area contributed by atoms with Crippen molar-refractivity contribution in [3.05, 3.63) is 76.2 Å². The zero-order chi connectivity index (χ0) is 23.7. The molecule has 0 radical (unpaired) electrons. The molecule has 1 unspecified atom stereocenters. The molecule has 174 valence electrons. The van der Waals surface area contributed by atoms with Crippen molar-refractivity contribution < 1.29 is 19.4 Å². The fraction of sp³-hybridized carbons (Fsp3) is 0.261. The zero-order valence-corrected chi connectivity index (χ0v) is 18.3. The molecular formula is C23H22N6O5. The first-order chi connectivity index (χ1) is 16.5. The lowest BCUT2D eigenvalue weighted by molar-refractivity contribution is -0.121. The number of ether oxygens (including phenoxy) is 2. The summed E-state index contributed by atoms with van der Waals surface area (Å²) >= 11 is 0. The molecule has 11 heteroatoms. The predicted octanol–water partition coefficient (Wildman–Crippen LogP) is 1.14. The molecule has 34 heavy (non-hydrogen) atoms. The Kier molecular flexibility index (Phi) is 5.58. The van der Waals surface area contributed by atoms with E-state index in [4.69, 9.17) is 9.47 Å². The molecule has 4 aromatic rings. The first-order valence-corrected chi connectivity index (χ1v) is 10.7. The van der Waals surface area contributed by atoms with Gasteiger partial charge in [-0.2, -0.15) is 10.1 Å². The van der Waals surface area contributed by atoms with Crippen molar-refractivity contribution in [2.24, 2.45) is 7.05 Å². The van der Waals surface area contributed by atoms with Crippen LogP contribution in [0, 0.1) is 0 Å². The quantitative estimate of drug-likeness (QED) is 0.418. The monoisotopic (exact) mass is 462 g/mol. The summed E-state index contributed by atoms with van der Waals surface area (Å²) in [5.74, 6) is 0.231. The molecule has 0 aliphatic carbocycles. The highest BCUT2D eigenvalue weighted by atomic mass is 16.7. The minimum absolute atomic E-state index is 0.0316. The molecule has 0 saturated heterocycles. The van der Waals surface area contributed by atoms with E-state index in [0.29, 0.717) is 41.5 Å². The number of carbonyl (C=O) groups excluding carboxylic acids is 1. The van der Waals surface area contributed by atoms with Crippen LogP contribution in [0.2, 0.25) is 0 Å². The molecule has 1 amide bonds. The van der Waals surface area contributed by atoms with Crippen LogP contribution in [-0.2, 0) is 18.3 Å². The summed E-state index contributed by atoms with van der Waals surface area (Å²) in [4.78, 5) is 34.6. The number of rotatable bonds is 7. The molecule has 1 aliphatic rings. The number of benzene rings is 1. The second kappa shape index (κ2) is 8.85. The highest BCUT2D eigenvalue weighted by molar-refractivity contribution is 5.77. The number of amides is 1. The van der Waals surface area contributed by atoms with Gasteiger partial charge >= 0.3 is 0 Å². The number of aromatic hydroxyl groups is 1. The Balaban J connectivity index is 1.46. The highest BCUT2D eigenvalue weighted by Crippen LogP contribution is 2.38. The Hall–Kier alpha value is -4.41. The maximum atomic E-state index is 13.3. The van der Waals surface area contributed by atoms with Crippen molar-refractivity contribution in [3.63, 3.8) is 0 Å². The van der Waals surface area contributed by atoms with Gasteiger partial charge in [0.2, 0.25) is 18.6 Å². The molecule has 1 atom stereocenters. The number of aromatic nitrogens is 5. The van der Waals surface area contributed by atoms with E-state index in [9.17, 15) is 14.7 Å². The van der Waals surface area contributed by atoms with Gasteiger partial charge in [-0.3, -0.25) is 18.7 Å². The van der Waals surface area contributed by atoms with E-state index in [0.717, 1.165) is 0 Å². The average molecular weight is 462 g/mol. The summed E-state index contributed by atoms with van der Waals surface area (Å²) in [6, 6.07) is 10.2. The van der Waals surface area contributed by atoms with Crippen molar-refractivity contribution in [1.82, 2.24) is 29.5 Å². The van der Waals surface area contributed by atoms with Crippen molar-refractivity contribution in [2.45, 2.75) is 18.8 Å². The summed E-state index contributed by atoms with van der Waals surface area (Å²) in [5.41, 5.74) is 0.515. The maximum absolute atomic E-state index is 13.3. The van der Waals surface area contributed by atoms with Gasteiger partial charge in [-0.05, 0) is 29.8 Å². The van der Waals surface area contributed by atoms with Crippen molar-refractivity contribution in [3.8, 4) is 17.4 Å². The number of hydrogen-bond donors (Lipinski definition) is 2. The van der Waals surface area contributed by atoms with Crippen molar-refractivity contribution in [1.29, 1.82) is 0 Å². The van der Waals surface area contributed by atoms with Gasteiger partial charge in [-0.25, -0.2) is 4.98 Å². The Labute approximate surface area is 193 Å². The third-order valence-corrected chi connectivity index (χ3v) is 5.60. The molecule has 0 fully saturated rings. The maximum Gasteiger partial charge on any atom is 0.265 e. The first-order valence-electron chi connectivity index (χ1n) is 10.7. The van der Waals surface area contributed by atoms with Gasteiger partial charge in [0.1, 0.15) is 12.0 Å². The van der Waals surface area contributed by atoms with Gasteiger partial charge in [-0.15, -0.1) is 0 Å². The van der Waals surface area contributed by atoms with Crippen LogP contribution in [0.1, 0.15) is 29.3 Å². The summed E-state index contributed by atoms with van der Waals surface area (Å²) in [6.07, 6.45) is 3.55. The number of hydrogen-bond acceptors (Lipinski definition) is 8. The van der Waals surface area contributed by atoms with E-state index >= 15 is 0 Å². The molecule has 5 rings (SSSR count). The van der Waals surface area contributed by atoms with Crippen LogP contribution >= 0.6 is 0 Å². The van der Waals surface area contributed by atoms with Crippen LogP contribution in [0.25, 0.3) is 5.65 Å². The van der Waals surface area contributed by atoms with E-state index in [1.165, 1.54) is 4.40 Å². The Morgan fingerprint density at radius 2 is 2.09 bits per heavy atom. The number of pyridine rings is 1. The molecule has 1 aliphatic heterocycles. The first kappa shape index (κ1) is 21.4. The topological polar surface area (TPSA) is 133 Å². The zero-order valence-electron chi connectivity index (χ0n) is 18.3. The summed E-state index contributed by atoms with van der Waals surface area (Å²) < 4.78 is 13.8. The fourth-order valence-electron chi connectivity index (χ4n) is 3.98. The lowest BCUT2D eigenvalue weighted by Gasteiger charge is -2.19. The lowest BCUT2D eigenvalue weighted by Crippen LogP contribution is -2.30. The SMILES string of the molecule is Cn1cnc(CCNC(=O)CC(c2ccc3c(c2)OCO3)c2c(O)nc3ccccn3c2=O)n1. The molecule has 4 heterocycles. The average Bonchev–Trinajstić information content (AvgIpc) is 3.46. The number of aryl methyl sites for hydroxylation is 1. The lowest BCUT2D eigenvalue weighted by atomic mass is 9.89. The highest BCUT2D eigenvalue weighted by Gasteiger charge is 2.28. The Bertz CT molecular complexity index is 1430. The van der Waals surface area contributed by atoms with Crippen LogP contribution in [-0.4, -0.2) is 48.5 Å². The van der Waals surface area contributed by atoms with Gasteiger partial charge in [-0.1, -0.05) is 12.1 Å². The summed E-state index contributed by atoms with van der Waals surface area (Å²) in [7, 11) is 1.77. The van der Waals surface area contributed by atoms with E-state index in [-0.39, 0.29) is 24.7 Å². The Morgan fingerprint density at radius 1 is 1.24 bits per heavy atom. The molecule has 0 spiro atoms. The largest absolute Gasteiger partial charge is 0.493 e. The minimum Gasteiger partial charge on any atom is -0.493 e. The molecule has 11 nitrogen and oxygen atoms in total. The number of nitrogens with zero attached hydrogens (tertiary/aromatic N) is 5. The second-order valence-electron chi connectivity index (χ2n) is 7.89. The normalized spacial score (nSPS) is 13.2. The van der Waals surface area contributed by atoms with Gasteiger partial charge in [0.05, 0.1) is 5.56 Å². The molecule has 0 saturated carbocycles. The number of fused-ring (bicyclic) bond motifs is 2. The predicted molar refractivity (Wildman–Crippen MR) is 120 cm³/mol. The van der Waals surface area contributed by atoms with E-state index in [1.54, 1.807) is 60.7 Å². The smallest absolute Gasteiger partial charge is 0.265 e. The second-order valence-corrected chi connectivity index (χ2v) is 7.89. The number of carbonyl (C=O) groups is 1. The van der Waals surface area contributed by atoms with Crippen LogP contribution < -0.4 is 20.3 Å². The van der Waals surface area contributed by atoms with Gasteiger partial charge in [0.25, 0.3) is 5.56 Å². The van der Waals surface area contributed by atoms with E-state index in [1.807, 2.05) is 0 Å². The summed E-state index contributed by atoms with van der Waals surface area (Å²) in [6.45, 7) is 0.425. The Morgan fingerprint density at radius 3 is 2.91 bits per heavy atom. The van der Waals surface area contributed by atoms with Crippen molar-refractivity contribution >= 4 is 11.6 Å².